The van der Waals surface area contributed by atoms with Crippen molar-refractivity contribution < 1.29 is 4.74 Å². The Morgan fingerprint density at radius 1 is 0.545 bits per heavy atom. The van der Waals surface area contributed by atoms with Crippen LogP contribution in [0, 0.1) is 0 Å². The summed E-state index contributed by atoms with van der Waals surface area (Å²) in [6, 6.07) is 1.63. The van der Waals surface area contributed by atoms with E-state index in [0.29, 0.717) is 12.2 Å². The van der Waals surface area contributed by atoms with Gasteiger partial charge in [-0.25, -0.2) is 0 Å². The highest BCUT2D eigenvalue weighted by Gasteiger charge is 2.28. The van der Waals surface area contributed by atoms with Gasteiger partial charge in [0.15, 0.2) is 0 Å². The van der Waals surface area contributed by atoms with Crippen LogP contribution in [0.15, 0.2) is 0 Å². The smallest absolute Gasteiger partial charge is 0.0579 e. The third kappa shape index (κ3) is 4.71. The summed E-state index contributed by atoms with van der Waals surface area (Å²) in [7, 11) is 2.44. The molecule has 1 heterocycles. The van der Waals surface area contributed by atoms with E-state index < -0.39 is 0 Å². The standard InChI is InChI=1S/C20H37NO/c1-21-17-9-5-2-3-7-11-19(15-13-17)22-20-12-8-4-6-10-18(21)14-16-20/h17-20H,2-16H2,1H3/t17?,18?,19-,20?/m0/s1. The first-order valence-corrected chi connectivity index (χ1v) is 10.2. The second-order valence-electron chi connectivity index (χ2n) is 8.14. The van der Waals surface area contributed by atoms with Gasteiger partial charge in [-0.15, -0.1) is 0 Å². The van der Waals surface area contributed by atoms with Crippen molar-refractivity contribution in [3.8, 4) is 0 Å². The maximum atomic E-state index is 6.64. The van der Waals surface area contributed by atoms with Crippen LogP contribution in [-0.4, -0.2) is 36.2 Å². The Balaban J connectivity index is 1.77. The van der Waals surface area contributed by atoms with E-state index in [0.717, 1.165) is 12.1 Å². The lowest BCUT2D eigenvalue weighted by Crippen LogP contribution is -2.42. The van der Waals surface area contributed by atoms with Gasteiger partial charge in [-0.2, -0.15) is 0 Å². The largest absolute Gasteiger partial charge is 0.375 e. The highest BCUT2D eigenvalue weighted by Crippen LogP contribution is 2.31. The summed E-state index contributed by atoms with van der Waals surface area (Å²) in [6.07, 6.45) is 21.8. The Labute approximate surface area is 138 Å². The van der Waals surface area contributed by atoms with Crippen LogP contribution in [0.1, 0.15) is 96.3 Å². The zero-order valence-corrected chi connectivity index (χ0v) is 14.8. The molecule has 4 bridgehead atoms. The fourth-order valence-electron chi connectivity index (χ4n) is 5.03. The third-order valence-corrected chi connectivity index (χ3v) is 6.56. The molecule has 3 unspecified atom stereocenters. The highest BCUT2D eigenvalue weighted by molar-refractivity contribution is 4.83. The molecule has 2 nitrogen and oxygen atoms in total. The molecular formula is C20H37NO. The lowest BCUT2D eigenvalue weighted by atomic mass is 9.91. The number of rotatable bonds is 0. The van der Waals surface area contributed by atoms with Crippen LogP contribution < -0.4 is 0 Å². The molecule has 0 aromatic rings. The highest BCUT2D eigenvalue weighted by atomic mass is 16.5. The lowest BCUT2D eigenvalue weighted by molar-refractivity contribution is -0.0447. The van der Waals surface area contributed by atoms with Crippen molar-refractivity contribution >= 4 is 0 Å². The van der Waals surface area contributed by atoms with Gasteiger partial charge < -0.3 is 9.64 Å². The maximum absolute atomic E-state index is 6.64. The van der Waals surface area contributed by atoms with Crippen molar-refractivity contribution in [1.29, 1.82) is 0 Å². The molecule has 0 aromatic heterocycles. The van der Waals surface area contributed by atoms with E-state index in [1.807, 2.05) is 0 Å². The quantitative estimate of drug-likeness (QED) is 0.602. The maximum Gasteiger partial charge on any atom is 0.0579 e. The normalized spacial score (nSPS) is 39.7. The van der Waals surface area contributed by atoms with Gasteiger partial charge in [-0.3, -0.25) is 0 Å². The molecule has 4 atom stereocenters. The molecule has 22 heavy (non-hydrogen) atoms. The Kier molecular flexibility index (Phi) is 6.62. The summed E-state index contributed by atoms with van der Waals surface area (Å²) in [5.74, 6) is 0. The lowest BCUT2D eigenvalue weighted by Gasteiger charge is -2.39. The molecule has 3 rings (SSSR count). The monoisotopic (exact) mass is 307 g/mol. The van der Waals surface area contributed by atoms with Crippen LogP contribution in [-0.2, 0) is 4.74 Å². The van der Waals surface area contributed by atoms with E-state index >= 15 is 0 Å². The Bertz CT molecular complexity index is 319. The summed E-state index contributed by atoms with van der Waals surface area (Å²) in [5, 5.41) is 0. The first-order chi connectivity index (χ1) is 10.8. The minimum Gasteiger partial charge on any atom is -0.375 e. The van der Waals surface area contributed by atoms with Crippen molar-refractivity contribution in [1.82, 2.24) is 4.90 Å². The van der Waals surface area contributed by atoms with Gasteiger partial charge in [0.25, 0.3) is 0 Å². The van der Waals surface area contributed by atoms with E-state index in [1.54, 1.807) is 0 Å². The Morgan fingerprint density at radius 2 is 1.00 bits per heavy atom. The fourth-order valence-corrected chi connectivity index (χ4v) is 5.03. The van der Waals surface area contributed by atoms with Gasteiger partial charge in [-0.05, 0) is 58.4 Å². The van der Waals surface area contributed by atoms with Gasteiger partial charge in [0, 0.05) is 12.1 Å². The number of fused-ring (bicyclic) bond motifs is 6. The molecule has 1 aliphatic heterocycles. The molecule has 2 saturated carbocycles. The third-order valence-electron chi connectivity index (χ3n) is 6.56. The van der Waals surface area contributed by atoms with Gasteiger partial charge in [-0.1, -0.05) is 44.9 Å². The summed E-state index contributed by atoms with van der Waals surface area (Å²) in [4.78, 5) is 2.80. The minimum absolute atomic E-state index is 0.552. The second kappa shape index (κ2) is 8.68. The average Bonchev–Trinajstić information content (AvgIpc) is 2.65. The fraction of sp³-hybridized carbons (Fsp3) is 1.00. The van der Waals surface area contributed by atoms with Gasteiger partial charge >= 0.3 is 0 Å². The van der Waals surface area contributed by atoms with Crippen LogP contribution in [0.25, 0.3) is 0 Å². The number of nitrogens with zero attached hydrogens (tertiary/aromatic N) is 1. The molecule has 2 aliphatic carbocycles. The Morgan fingerprint density at radius 3 is 1.55 bits per heavy atom. The van der Waals surface area contributed by atoms with E-state index in [4.69, 9.17) is 4.74 Å². The molecule has 128 valence electrons. The zero-order valence-electron chi connectivity index (χ0n) is 14.8. The first-order valence-electron chi connectivity index (χ1n) is 10.2. The molecule has 0 aromatic carbocycles. The topological polar surface area (TPSA) is 12.5 Å². The van der Waals surface area contributed by atoms with E-state index in [2.05, 4.69) is 11.9 Å². The van der Waals surface area contributed by atoms with Crippen LogP contribution in [0.4, 0.5) is 0 Å². The summed E-state index contributed by atoms with van der Waals surface area (Å²) < 4.78 is 6.64. The summed E-state index contributed by atoms with van der Waals surface area (Å²) in [5.41, 5.74) is 0. The minimum atomic E-state index is 0.552. The molecular weight excluding hydrogens is 270 g/mol. The molecule has 0 N–H and O–H groups in total. The molecule has 0 spiro atoms. The number of ether oxygens (including phenoxy) is 1. The van der Waals surface area contributed by atoms with E-state index in [9.17, 15) is 0 Å². The number of hydrogen-bond donors (Lipinski definition) is 0. The van der Waals surface area contributed by atoms with Gasteiger partial charge in [0.1, 0.15) is 0 Å². The predicted molar refractivity (Wildman–Crippen MR) is 93.3 cm³/mol. The molecule has 3 fully saturated rings. The zero-order chi connectivity index (χ0) is 15.2. The van der Waals surface area contributed by atoms with Gasteiger partial charge in [0.2, 0.25) is 0 Å². The molecule has 0 radical (unpaired) electrons. The van der Waals surface area contributed by atoms with Crippen LogP contribution in [0.5, 0.6) is 0 Å². The first kappa shape index (κ1) is 16.8. The molecule has 0 amide bonds. The average molecular weight is 308 g/mol. The van der Waals surface area contributed by atoms with Crippen LogP contribution in [0.3, 0.4) is 0 Å². The number of hydrogen-bond acceptors (Lipinski definition) is 2. The summed E-state index contributed by atoms with van der Waals surface area (Å²) >= 11 is 0. The van der Waals surface area contributed by atoms with E-state index in [-0.39, 0.29) is 0 Å². The predicted octanol–water partition coefficient (Wildman–Crippen LogP) is 5.30. The summed E-state index contributed by atoms with van der Waals surface area (Å²) in [6.45, 7) is 0. The van der Waals surface area contributed by atoms with E-state index in [1.165, 1.54) is 96.3 Å². The van der Waals surface area contributed by atoms with Gasteiger partial charge in [0.05, 0.1) is 12.2 Å². The second-order valence-corrected chi connectivity index (χ2v) is 8.14. The molecule has 1 saturated heterocycles. The Hall–Kier alpha value is -0.0800. The van der Waals surface area contributed by atoms with Crippen LogP contribution >= 0.6 is 0 Å². The van der Waals surface area contributed by atoms with Crippen molar-refractivity contribution in [2.75, 3.05) is 7.05 Å². The molecule has 3 aliphatic rings. The van der Waals surface area contributed by atoms with Crippen molar-refractivity contribution in [3.05, 3.63) is 0 Å². The van der Waals surface area contributed by atoms with Crippen molar-refractivity contribution in [3.63, 3.8) is 0 Å². The van der Waals surface area contributed by atoms with Crippen molar-refractivity contribution in [2.45, 2.75) is 121 Å². The SMILES string of the molecule is CN1C2CCCCCC(CC2)O[C@H]2CCCCCCC1CC2. The molecule has 2 heteroatoms. The van der Waals surface area contributed by atoms with Crippen molar-refractivity contribution in [2.24, 2.45) is 0 Å². The van der Waals surface area contributed by atoms with Crippen LogP contribution in [0.2, 0.25) is 0 Å².